The number of aromatic hydroxyl groups is 1. The maximum atomic E-state index is 9.37. The van der Waals surface area contributed by atoms with Crippen LogP contribution in [0, 0.1) is 0 Å². The van der Waals surface area contributed by atoms with Crippen LogP contribution in [0.2, 0.25) is 0 Å². The quantitative estimate of drug-likeness (QED) is 0.824. The first-order chi connectivity index (χ1) is 8.28. The summed E-state index contributed by atoms with van der Waals surface area (Å²) in [5.41, 5.74) is 2.22. The lowest BCUT2D eigenvalue weighted by Crippen LogP contribution is -2.11. The van der Waals surface area contributed by atoms with Crippen molar-refractivity contribution in [3.05, 3.63) is 47.8 Å². The molecular weight excluding hydrogens is 214 g/mol. The second-order valence-corrected chi connectivity index (χ2v) is 4.00. The van der Waals surface area contributed by atoms with E-state index in [0.29, 0.717) is 12.3 Å². The average Bonchev–Trinajstić information content (AvgIpc) is 2.74. The first kappa shape index (κ1) is 11.7. The molecule has 2 aromatic rings. The van der Waals surface area contributed by atoms with E-state index in [1.54, 1.807) is 12.1 Å². The van der Waals surface area contributed by atoms with E-state index in [4.69, 9.17) is 0 Å². The zero-order valence-electron chi connectivity index (χ0n) is 9.93. The van der Waals surface area contributed by atoms with Crippen molar-refractivity contribution in [2.24, 2.45) is 0 Å². The van der Waals surface area contributed by atoms with Crippen molar-refractivity contribution in [3.63, 3.8) is 0 Å². The highest BCUT2D eigenvalue weighted by Gasteiger charge is 2.00. The van der Waals surface area contributed by atoms with Crippen LogP contribution >= 0.6 is 0 Å². The number of hydrogen-bond donors (Lipinski definition) is 2. The predicted molar refractivity (Wildman–Crippen MR) is 66.8 cm³/mol. The monoisotopic (exact) mass is 231 g/mol. The third-order valence-corrected chi connectivity index (χ3v) is 2.52. The van der Waals surface area contributed by atoms with Crippen LogP contribution in [0.15, 0.2) is 36.7 Å². The smallest absolute Gasteiger partial charge is 0.115 e. The lowest BCUT2D eigenvalue weighted by Gasteiger charge is -2.02. The molecule has 0 atom stereocenters. The second kappa shape index (κ2) is 5.50. The number of rotatable bonds is 5. The Bertz CT molecular complexity index is 479. The summed E-state index contributed by atoms with van der Waals surface area (Å²) in [6.45, 7) is 4.56. The normalized spacial score (nSPS) is 10.6. The summed E-state index contributed by atoms with van der Waals surface area (Å²) < 4.78 is 1.88. The molecule has 0 fully saturated rings. The third kappa shape index (κ3) is 3.32. The molecule has 0 spiro atoms. The second-order valence-electron chi connectivity index (χ2n) is 4.00. The van der Waals surface area contributed by atoms with Gasteiger partial charge in [0.25, 0.3) is 0 Å². The van der Waals surface area contributed by atoms with Gasteiger partial charge in [0, 0.05) is 18.3 Å². The van der Waals surface area contributed by atoms with Gasteiger partial charge in [0.1, 0.15) is 5.75 Å². The van der Waals surface area contributed by atoms with Crippen LogP contribution in [-0.2, 0) is 13.1 Å². The molecule has 2 N–H and O–H groups in total. The minimum absolute atomic E-state index is 0.294. The zero-order valence-corrected chi connectivity index (χ0v) is 9.93. The lowest BCUT2D eigenvalue weighted by molar-refractivity contribution is 0.474. The van der Waals surface area contributed by atoms with Crippen molar-refractivity contribution < 1.29 is 5.11 Å². The molecule has 0 radical (unpaired) electrons. The molecule has 0 bridgehead atoms. The van der Waals surface area contributed by atoms with Gasteiger partial charge in [-0.2, -0.15) is 5.10 Å². The Labute approximate surface area is 101 Å². The molecule has 1 aromatic heterocycles. The van der Waals surface area contributed by atoms with Gasteiger partial charge in [-0.1, -0.05) is 19.1 Å². The van der Waals surface area contributed by atoms with Gasteiger partial charge in [-0.05, 0) is 24.2 Å². The highest BCUT2D eigenvalue weighted by atomic mass is 16.3. The van der Waals surface area contributed by atoms with Crippen LogP contribution in [0.3, 0.4) is 0 Å². The van der Waals surface area contributed by atoms with E-state index in [-0.39, 0.29) is 0 Å². The fraction of sp³-hybridized carbons (Fsp3) is 0.308. The fourth-order valence-corrected chi connectivity index (χ4v) is 1.70. The van der Waals surface area contributed by atoms with Crippen molar-refractivity contribution in [2.75, 3.05) is 6.54 Å². The van der Waals surface area contributed by atoms with E-state index in [2.05, 4.69) is 17.3 Å². The molecule has 1 heterocycles. The molecule has 0 aliphatic heterocycles. The molecule has 2 rings (SSSR count). The van der Waals surface area contributed by atoms with Gasteiger partial charge in [-0.25, -0.2) is 0 Å². The minimum Gasteiger partial charge on any atom is -0.508 e. The number of nitrogens with zero attached hydrogens (tertiary/aromatic N) is 2. The van der Waals surface area contributed by atoms with E-state index >= 15 is 0 Å². The number of aromatic nitrogens is 2. The van der Waals surface area contributed by atoms with Crippen LogP contribution in [0.25, 0.3) is 0 Å². The van der Waals surface area contributed by atoms with E-state index in [1.807, 2.05) is 29.2 Å². The standard InChI is InChI=1S/C13H17N3O/c1-2-14-7-12-8-15-16(10-12)9-11-4-3-5-13(17)6-11/h3-6,8,10,14,17H,2,7,9H2,1H3. The molecule has 0 aliphatic carbocycles. The largest absolute Gasteiger partial charge is 0.508 e. The summed E-state index contributed by atoms with van der Waals surface area (Å²) in [4.78, 5) is 0. The van der Waals surface area contributed by atoms with E-state index in [0.717, 1.165) is 18.7 Å². The van der Waals surface area contributed by atoms with Gasteiger partial charge in [-0.15, -0.1) is 0 Å². The summed E-state index contributed by atoms with van der Waals surface area (Å²) in [6.07, 6.45) is 3.89. The number of benzene rings is 1. The number of nitrogens with one attached hydrogen (secondary N) is 1. The first-order valence-corrected chi connectivity index (χ1v) is 5.78. The molecule has 0 saturated carbocycles. The van der Waals surface area contributed by atoms with Gasteiger partial charge in [0.05, 0.1) is 12.7 Å². The molecule has 4 heteroatoms. The van der Waals surface area contributed by atoms with Gasteiger partial charge in [-0.3, -0.25) is 4.68 Å². The average molecular weight is 231 g/mol. The summed E-state index contributed by atoms with van der Waals surface area (Å²) in [7, 11) is 0. The van der Waals surface area contributed by atoms with Crippen molar-refractivity contribution in [2.45, 2.75) is 20.0 Å². The van der Waals surface area contributed by atoms with Gasteiger partial charge < -0.3 is 10.4 Å². The minimum atomic E-state index is 0.294. The SMILES string of the molecule is CCNCc1cnn(Cc2cccc(O)c2)c1. The molecule has 17 heavy (non-hydrogen) atoms. The Hall–Kier alpha value is -1.81. The van der Waals surface area contributed by atoms with Gasteiger partial charge >= 0.3 is 0 Å². The fourth-order valence-electron chi connectivity index (χ4n) is 1.70. The molecule has 4 nitrogen and oxygen atoms in total. The highest BCUT2D eigenvalue weighted by Crippen LogP contribution is 2.12. The Morgan fingerprint density at radius 2 is 2.24 bits per heavy atom. The Balaban J connectivity index is 2.01. The van der Waals surface area contributed by atoms with E-state index in [1.165, 1.54) is 5.56 Å². The molecule has 0 unspecified atom stereocenters. The van der Waals surface area contributed by atoms with E-state index in [9.17, 15) is 5.11 Å². The summed E-state index contributed by atoms with van der Waals surface area (Å²) in [5, 5.41) is 16.9. The van der Waals surface area contributed by atoms with Crippen LogP contribution in [-0.4, -0.2) is 21.4 Å². The Kier molecular flexibility index (Phi) is 3.77. The molecule has 0 saturated heterocycles. The summed E-state index contributed by atoms with van der Waals surface area (Å²) in [6, 6.07) is 7.24. The zero-order chi connectivity index (χ0) is 12.1. The van der Waals surface area contributed by atoms with Gasteiger partial charge in [0.15, 0.2) is 0 Å². The van der Waals surface area contributed by atoms with Crippen LogP contribution < -0.4 is 5.32 Å². The molecule has 1 aromatic carbocycles. The van der Waals surface area contributed by atoms with E-state index < -0.39 is 0 Å². The molecule has 0 aliphatic rings. The lowest BCUT2D eigenvalue weighted by atomic mass is 10.2. The number of hydrogen-bond acceptors (Lipinski definition) is 3. The van der Waals surface area contributed by atoms with Crippen LogP contribution in [0.4, 0.5) is 0 Å². The first-order valence-electron chi connectivity index (χ1n) is 5.78. The topological polar surface area (TPSA) is 50.1 Å². The van der Waals surface area contributed by atoms with Crippen molar-refractivity contribution >= 4 is 0 Å². The van der Waals surface area contributed by atoms with Crippen molar-refractivity contribution in [1.82, 2.24) is 15.1 Å². The van der Waals surface area contributed by atoms with Crippen LogP contribution in [0.1, 0.15) is 18.1 Å². The number of phenols is 1. The Morgan fingerprint density at radius 3 is 3.00 bits per heavy atom. The molecule has 0 amide bonds. The summed E-state index contributed by atoms with van der Waals surface area (Å²) >= 11 is 0. The van der Waals surface area contributed by atoms with Crippen molar-refractivity contribution in [3.8, 4) is 5.75 Å². The molecular formula is C13H17N3O. The Morgan fingerprint density at radius 1 is 1.35 bits per heavy atom. The molecule has 90 valence electrons. The van der Waals surface area contributed by atoms with Crippen LogP contribution in [0.5, 0.6) is 5.75 Å². The van der Waals surface area contributed by atoms with Gasteiger partial charge in [0.2, 0.25) is 0 Å². The number of phenolic OH excluding ortho intramolecular Hbond substituents is 1. The van der Waals surface area contributed by atoms with Crippen molar-refractivity contribution in [1.29, 1.82) is 0 Å². The maximum Gasteiger partial charge on any atom is 0.115 e. The summed E-state index contributed by atoms with van der Waals surface area (Å²) in [5.74, 6) is 0.294. The predicted octanol–water partition coefficient (Wildman–Crippen LogP) is 1.75. The maximum absolute atomic E-state index is 9.37. The third-order valence-electron chi connectivity index (χ3n) is 2.52. The highest BCUT2D eigenvalue weighted by molar-refractivity contribution is 5.27.